The molecule has 3 aliphatic heterocycles. The van der Waals surface area contributed by atoms with Crippen LogP contribution in [-0.2, 0) is 9.59 Å². The monoisotopic (exact) mass is 1050 g/mol. The van der Waals surface area contributed by atoms with Crippen molar-refractivity contribution in [2.24, 2.45) is 5.92 Å². The molecular formula is C58H62N12O8. The zero-order chi connectivity index (χ0) is 54.0. The van der Waals surface area contributed by atoms with E-state index in [9.17, 15) is 19.8 Å². The van der Waals surface area contributed by atoms with Crippen LogP contribution in [0.4, 0.5) is 17.2 Å². The van der Waals surface area contributed by atoms with Gasteiger partial charge < -0.3 is 59.3 Å². The van der Waals surface area contributed by atoms with Gasteiger partial charge in [-0.25, -0.2) is 15.0 Å². The molecule has 1 aliphatic carbocycles. The quantitative estimate of drug-likeness (QED) is 0.0749. The number of hydrogen-bond donors (Lipinski definition) is 4. The molecule has 4 aliphatic rings. The summed E-state index contributed by atoms with van der Waals surface area (Å²) in [4.78, 5) is 47.4. The van der Waals surface area contributed by atoms with Gasteiger partial charge in [-0.1, -0.05) is 44.0 Å². The number of para-hydroxylation sites is 1. The first-order valence-electron chi connectivity index (χ1n) is 26.5. The van der Waals surface area contributed by atoms with Crippen LogP contribution in [0.15, 0.2) is 114 Å². The number of nitrogens with two attached hydrogens (primary N) is 1. The van der Waals surface area contributed by atoms with Crippen LogP contribution in [0.25, 0.3) is 16.9 Å². The van der Waals surface area contributed by atoms with Crippen LogP contribution in [0.1, 0.15) is 87.7 Å². The molecule has 20 heteroatoms. The van der Waals surface area contributed by atoms with Crippen LogP contribution in [0, 0.1) is 24.7 Å². The molecule has 402 valence electrons. The van der Waals surface area contributed by atoms with Gasteiger partial charge in [-0.15, -0.1) is 10.2 Å². The number of carbonyl (C=O) groups excluding carboxylic acids is 2. The largest absolute Gasteiger partial charge is 0.507 e. The van der Waals surface area contributed by atoms with E-state index in [0.29, 0.717) is 47.2 Å². The summed E-state index contributed by atoms with van der Waals surface area (Å²) in [6.45, 7) is 9.14. The Morgan fingerprint density at radius 1 is 0.859 bits per heavy atom. The number of β-amino-alcohol motifs (C(OH)–C–C–N with tert-alkyl or cyclic N) is 1. The molecule has 78 heavy (non-hydrogen) atoms. The third kappa shape index (κ3) is 11.0. The van der Waals surface area contributed by atoms with Crippen molar-refractivity contribution in [2.45, 2.75) is 108 Å². The van der Waals surface area contributed by atoms with E-state index in [1.54, 1.807) is 36.7 Å². The maximum atomic E-state index is 14.2. The Morgan fingerprint density at radius 2 is 1.64 bits per heavy atom. The van der Waals surface area contributed by atoms with Crippen molar-refractivity contribution in [1.29, 1.82) is 0 Å². The minimum Gasteiger partial charge on any atom is -0.507 e. The lowest BCUT2D eigenvalue weighted by Gasteiger charge is -2.43. The van der Waals surface area contributed by atoms with Gasteiger partial charge in [-0.3, -0.25) is 9.59 Å². The number of piperazine rings is 1. The van der Waals surface area contributed by atoms with Crippen LogP contribution < -0.4 is 35.1 Å². The molecule has 5 N–H and O–H groups in total. The van der Waals surface area contributed by atoms with Crippen molar-refractivity contribution in [1.82, 2.24) is 45.1 Å². The Kier molecular flexibility index (Phi) is 14.6. The molecule has 5 aromatic heterocycles. The number of aliphatic hydroxyl groups excluding tert-OH is 1. The molecule has 2 aromatic carbocycles. The number of amides is 2. The number of benzene rings is 2. The number of hydrogen-bond acceptors (Lipinski definition) is 17. The number of nitrogen functional groups attached to an aromatic ring is 1. The summed E-state index contributed by atoms with van der Waals surface area (Å²) in [5.74, 6) is 7.30. The first kappa shape index (κ1) is 51.4. The summed E-state index contributed by atoms with van der Waals surface area (Å²) in [7, 11) is 0. The number of pyridine rings is 2. The summed E-state index contributed by atoms with van der Waals surface area (Å²) >= 11 is 0. The van der Waals surface area contributed by atoms with Gasteiger partial charge in [-0.2, -0.15) is 0 Å². The van der Waals surface area contributed by atoms with Crippen molar-refractivity contribution in [2.75, 3.05) is 41.8 Å². The molecule has 0 spiro atoms. The molecule has 8 heterocycles. The maximum absolute atomic E-state index is 14.2. The van der Waals surface area contributed by atoms with Crippen molar-refractivity contribution in [3.8, 4) is 52.0 Å². The Hall–Kier alpha value is -8.70. The predicted molar refractivity (Wildman–Crippen MR) is 289 cm³/mol. The molecule has 1 unspecified atom stereocenters. The predicted octanol–water partition coefficient (Wildman–Crippen LogP) is 6.56. The number of rotatable bonds is 16. The van der Waals surface area contributed by atoms with Crippen LogP contribution in [0.5, 0.6) is 23.3 Å². The number of likely N-dealkylation sites (tertiary alicyclic amines) is 1. The molecule has 20 nitrogen and oxygen atoms in total. The minimum atomic E-state index is -0.866. The highest BCUT2D eigenvalue weighted by Gasteiger charge is 2.44. The third-order valence-electron chi connectivity index (χ3n) is 15.2. The summed E-state index contributed by atoms with van der Waals surface area (Å²) < 4.78 is 26.0. The van der Waals surface area contributed by atoms with Gasteiger partial charge >= 0.3 is 0 Å². The Labute approximate surface area is 451 Å². The van der Waals surface area contributed by atoms with Crippen LogP contribution in [0.2, 0.25) is 0 Å². The van der Waals surface area contributed by atoms with Crippen LogP contribution in [0.3, 0.4) is 0 Å². The van der Waals surface area contributed by atoms with E-state index < -0.39 is 18.1 Å². The number of imidazole rings is 1. The lowest BCUT2D eigenvalue weighted by Crippen LogP contribution is -2.54. The smallest absolute Gasteiger partial charge is 0.255 e. The zero-order valence-electron chi connectivity index (χ0n) is 43.8. The third-order valence-corrected chi connectivity index (χ3v) is 15.2. The number of phenols is 1. The number of aromatic nitrogens is 7. The van der Waals surface area contributed by atoms with E-state index in [2.05, 4.69) is 57.3 Å². The fourth-order valence-corrected chi connectivity index (χ4v) is 11.1. The molecule has 2 amide bonds. The number of anilines is 3. The van der Waals surface area contributed by atoms with Crippen molar-refractivity contribution < 1.29 is 38.5 Å². The molecule has 7 aromatic rings. The van der Waals surface area contributed by atoms with Gasteiger partial charge in [0.15, 0.2) is 18.2 Å². The minimum absolute atomic E-state index is 0.0146. The highest BCUT2D eigenvalue weighted by atomic mass is 16.5. The van der Waals surface area contributed by atoms with E-state index in [1.807, 2.05) is 105 Å². The highest BCUT2D eigenvalue weighted by molar-refractivity contribution is 5.91. The topological polar surface area (TPSA) is 245 Å². The number of aliphatic hydroxyl groups is 1. The van der Waals surface area contributed by atoms with Gasteiger partial charge in [0.1, 0.15) is 47.2 Å². The van der Waals surface area contributed by atoms with Crippen LogP contribution in [-0.4, -0.2) is 124 Å². The molecule has 0 radical (unpaired) electrons. The molecule has 2 bridgehead atoms. The van der Waals surface area contributed by atoms with Gasteiger partial charge in [-0.05, 0) is 97.8 Å². The van der Waals surface area contributed by atoms with Gasteiger partial charge in [0, 0.05) is 98.6 Å². The molecule has 4 fully saturated rings. The fraction of sp³-hybridized carbons (Fsp3) is 0.379. The van der Waals surface area contributed by atoms with E-state index in [1.165, 1.54) is 4.90 Å². The average molecular weight is 1060 g/mol. The van der Waals surface area contributed by atoms with Gasteiger partial charge in [0.2, 0.25) is 17.7 Å². The molecular weight excluding hydrogens is 993 g/mol. The van der Waals surface area contributed by atoms with Gasteiger partial charge in [0.05, 0.1) is 29.7 Å². The lowest BCUT2D eigenvalue weighted by atomic mass is 9.91. The van der Waals surface area contributed by atoms with Crippen LogP contribution >= 0.6 is 0 Å². The first-order valence-corrected chi connectivity index (χ1v) is 26.5. The lowest BCUT2D eigenvalue weighted by molar-refractivity contribution is -0.141. The fourth-order valence-electron chi connectivity index (χ4n) is 11.1. The number of fused-ring (bicyclic) bond motifs is 2. The van der Waals surface area contributed by atoms with Crippen molar-refractivity contribution in [3.05, 3.63) is 133 Å². The molecule has 1 saturated carbocycles. The number of ether oxygens (including phenoxy) is 3. The summed E-state index contributed by atoms with van der Waals surface area (Å²) in [6, 6.07) is 25.4. The second kappa shape index (κ2) is 22.1. The number of nitrogens with zero attached hydrogens (tertiary/aromatic N) is 10. The zero-order valence-corrected chi connectivity index (χ0v) is 43.8. The Bertz CT molecular complexity index is 3320. The Morgan fingerprint density at radius 3 is 2.37 bits per heavy atom. The van der Waals surface area contributed by atoms with E-state index in [4.69, 9.17) is 24.5 Å². The number of carbonyl (C=O) groups is 2. The maximum Gasteiger partial charge on any atom is 0.255 e. The number of nitrogens with one attached hydrogen (secondary N) is 1. The number of aromatic hydroxyl groups is 1. The Balaban J connectivity index is 0.627. The average Bonchev–Trinajstić information content (AvgIpc) is 4.28. The SMILES string of the molecule is Cc1nccn1-c1ccc([C@H](C)NC(=O)[C@@H]2C[C@@H](O)CN2C(=O)[C@H](c2cc(OCC#Cc3ccc(OC4CC(Oc5cc(N6C7CC[C@@H]6CN(c6cc(-c8ccccc8O)nnc6N)C7)ccn5)C4)cn3)no2)C(C)C)cc1. The molecule has 3 saturated heterocycles. The van der Waals surface area contributed by atoms with E-state index in [-0.39, 0.29) is 85.0 Å². The van der Waals surface area contributed by atoms with Crippen molar-refractivity contribution in [3.63, 3.8) is 0 Å². The number of phenolic OH excluding ortho intramolecular Hbond substituents is 1. The second-order valence-corrected chi connectivity index (χ2v) is 20.8. The summed E-state index contributed by atoms with van der Waals surface area (Å²) in [5.41, 5.74) is 11.9. The first-order chi connectivity index (χ1) is 37.8. The second-order valence-electron chi connectivity index (χ2n) is 20.8. The summed E-state index contributed by atoms with van der Waals surface area (Å²) in [5, 5.41) is 36.8. The highest BCUT2D eigenvalue weighted by Crippen LogP contribution is 2.41. The van der Waals surface area contributed by atoms with E-state index in [0.717, 1.165) is 54.4 Å². The molecule has 11 rings (SSSR count). The van der Waals surface area contributed by atoms with E-state index >= 15 is 0 Å². The molecule has 6 atom stereocenters. The summed E-state index contributed by atoms with van der Waals surface area (Å²) in [6.07, 6.45) is 9.80. The number of aryl methyl sites for hydroxylation is 1. The van der Waals surface area contributed by atoms with Gasteiger partial charge in [0.25, 0.3) is 5.88 Å². The van der Waals surface area contributed by atoms with Crippen molar-refractivity contribution >= 4 is 29.0 Å². The standard InChI is InChI=1S/C58H62N12O8/c1-34(2)55(58(74)69-33-43(71)25-50(69)57(73)63-35(3)37-11-14-39(15-12-37)68-22-21-60-36(68)4)52-29-54(66-78-52)75-23-7-8-38-13-18-44(30-62-38)76-45-26-46(27-45)77-53-24-40(19-20-61-53)70-41-16-17-42(70)32-67(31-41)49-28-48(64-65-56(49)59)47-9-5-6-10-51(47)72/h5-6,9-15,18-22,24,28-30,34-35,41-43,45-46,50,55,71-72H,16-17,23,25-27,31-33H2,1-4H3,(H2,59,65)(H,63,73)/t35-,41+,42?,43+,45?,46?,50-,55-/m0/s1. The normalized spacial score (nSPS) is 21.3.